The van der Waals surface area contributed by atoms with Gasteiger partial charge < -0.3 is 15.4 Å². The van der Waals surface area contributed by atoms with Gasteiger partial charge in [0.2, 0.25) is 5.91 Å². The van der Waals surface area contributed by atoms with E-state index in [0.717, 1.165) is 4.57 Å². The van der Waals surface area contributed by atoms with E-state index in [1.807, 2.05) is 0 Å². The van der Waals surface area contributed by atoms with Crippen molar-refractivity contribution in [2.24, 2.45) is 10.7 Å². The molecule has 0 bridgehead atoms. The molecule has 1 amide bonds. The molecule has 3 N–H and O–H groups in total. The molecular formula is C23H15F6N3O4. The van der Waals surface area contributed by atoms with Crippen LogP contribution in [0.25, 0.3) is 10.9 Å². The highest BCUT2D eigenvalue weighted by Gasteiger charge is 2.39. The van der Waals surface area contributed by atoms with Gasteiger partial charge in [-0.2, -0.15) is 26.3 Å². The van der Waals surface area contributed by atoms with Gasteiger partial charge in [0.1, 0.15) is 6.54 Å². The number of carbonyl (C=O) groups is 3. The molecule has 0 saturated carbocycles. The number of nitrogens with two attached hydrogens (primary N) is 1. The zero-order chi connectivity index (χ0) is 26.6. The first-order valence-electron chi connectivity index (χ1n) is 10.2. The van der Waals surface area contributed by atoms with Crippen LogP contribution in [0.1, 0.15) is 49.5 Å². The Kier molecular flexibility index (Phi) is 5.89. The summed E-state index contributed by atoms with van der Waals surface area (Å²) in [5.41, 5.74) is 1.33. The number of benzene rings is 2. The smallest absolute Gasteiger partial charge is 0.416 e. The molecule has 13 heteroatoms. The number of amides is 1. The summed E-state index contributed by atoms with van der Waals surface area (Å²) in [4.78, 5) is 40.3. The van der Waals surface area contributed by atoms with Crippen LogP contribution in [-0.4, -0.2) is 39.6 Å². The fourth-order valence-electron chi connectivity index (χ4n) is 4.27. The summed E-state index contributed by atoms with van der Waals surface area (Å²) >= 11 is 0. The first-order chi connectivity index (χ1) is 16.7. The minimum atomic E-state index is -5.16. The minimum Gasteiger partial charge on any atom is -0.481 e. The van der Waals surface area contributed by atoms with Crippen molar-refractivity contribution in [2.75, 3.05) is 6.54 Å². The van der Waals surface area contributed by atoms with Gasteiger partial charge in [0, 0.05) is 17.5 Å². The lowest BCUT2D eigenvalue weighted by molar-refractivity contribution is -0.143. The Labute approximate surface area is 197 Å². The number of carboxylic acids is 1. The monoisotopic (exact) mass is 511 g/mol. The van der Waals surface area contributed by atoms with Crippen LogP contribution < -0.4 is 5.73 Å². The van der Waals surface area contributed by atoms with Gasteiger partial charge in [0.25, 0.3) is 0 Å². The summed E-state index contributed by atoms with van der Waals surface area (Å²) in [6.45, 7) is -1.16. The molecule has 0 unspecified atom stereocenters. The molecule has 0 spiro atoms. The van der Waals surface area contributed by atoms with Crippen molar-refractivity contribution in [2.45, 2.75) is 25.3 Å². The second kappa shape index (κ2) is 8.50. The molecule has 0 atom stereocenters. The van der Waals surface area contributed by atoms with Crippen molar-refractivity contribution in [3.05, 3.63) is 69.9 Å². The van der Waals surface area contributed by atoms with Crippen LogP contribution in [0, 0.1) is 0 Å². The number of halogens is 6. The van der Waals surface area contributed by atoms with Crippen LogP contribution in [0.5, 0.6) is 0 Å². The lowest BCUT2D eigenvalue weighted by Crippen LogP contribution is -2.24. The Bertz CT molecular complexity index is 1470. The summed E-state index contributed by atoms with van der Waals surface area (Å²) < 4.78 is 81.8. The number of Topliss-reactive ketones (excluding diaryl/α,β-unsaturated/α-hetero) is 1. The van der Waals surface area contributed by atoms with Gasteiger partial charge in [-0.25, -0.2) is 0 Å². The number of carbonyl (C=O) groups excluding carboxylic acids is 2. The summed E-state index contributed by atoms with van der Waals surface area (Å²) in [5, 5.41) is 9.31. The average molecular weight is 511 g/mol. The molecule has 0 radical (unpaired) electrons. The maximum atomic E-state index is 13.8. The fourth-order valence-corrected chi connectivity index (χ4v) is 4.27. The number of carboxylic acid groups (broad SMARTS) is 1. The Morgan fingerprint density at radius 3 is 2.33 bits per heavy atom. The largest absolute Gasteiger partial charge is 0.481 e. The molecule has 1 aliphatic rings. The number of aromatic nitrogens is 1. The van der Waals surface area contributed by atoms with E-state index in [2.05, 4.69) is 4.99 Å². The van der Waals surface area contributed by atoms with Gasteiger partial charge in [0.05, 0.1) is 40.0 Å². The quantitative estimate of drug-likeness (QED) is 0.498. The number of primary amides is 1. The third-order valence-corrected chi connectivity index (χ3v) is 5.71. The SMILES string of the molecule is NC(=O)c1cccc2c1c1c(n2Cc2ccc(C(F)(F)F)cc2C(F)(F)F)C(CC(=O)O)=NCC1=O. The molecule has 0 fully saturated rings. The van der Waals surface area contributed by atoms with Crippen LogP contribution in [0.4, 0.5) is 26.3 Å². The number of aliphatic imine (C=N–C) groups is 1. The lowest BCUT2D eigenvalue weighted by Gasteiger charge is -2.20. The predicted molar refractivity (Wildman–Crippen MR) is 114 cm³/mol. The molecule has 3 aromatic rings. The molecule has 2 aromatic carbocycles. The van der Waals surface area contributed by atoms with Crippen LogP contribution in [-0.2, 0) is 23.7 Å². The van der Waals surface area contributed by atoms with Gasteiger partial charge in [0.15, 0.2) is 5.78 Å². The number of hydrogen-bond donors (Lipinski definition) is 2. The Morgan fingerprint density at radius 1 is 1.06 bits per heavy atom. The molecular weight excluding hydrogens is 496 g/mol. The van der Waals surface area contributed by atoms with Gasteiger partial charge in [-0.05, 0) is 29.8 Å². The highest BCUT2D eigenvalue weighted by atomic mass is 19.4. The summed E-state index contributed by atoms with van der Waals surface area (Å²) in [5.74, 6) is -2.91. The van der Waals surface area contributed by atoms with E-state index < -0.39 is 66.2 Å². The first kappa shape index (κ1) is 24.9. The van der Waals surface area contributed by atoms with Gasteiger partial charge in [-0.15, -0.1) is 0 Å². The van der Waals surface area contributed by atoms with Gasteiger partial charge in [-0.1, -0.05) is 12.1 Å². The molecule has 188 valence electrons. The van der Waals surface area contributed by atoms with Crippen molar-refractivity contribution in [3.63, 3.8) is 0 Å². The van der Waals surface area contributed by atoms with E-state index >= 15 is 0 Å². The number of rotatable bonds is 5. The highest BCUT2D eigenvalue weighted by molar-refractivity contribution is 6.26. The van der Waals surface area contributed by atoms with E-state index in [1.54, 1.807) is 0 Å². The predicted octanol–water partition coefficient (Wildman–Crippen LogP) is 4.29. The molecule has 1 aromatic heterocycles. The third kappa shape index (κ3) is 4.32. The number of fused-ring (bicyclic) bond motifs is 3. The molecule has 2 heterocycles. The molecule has 36 heavy (non-hydrogen) atoms. The van der Waals surface area contributed by atoms with Crippen LogP contribution in [0.15, 0.2) is 41.4 Å². The third-order valence-electron chi connectivity index (χ3n) is 5.71. The van der Waals surface area contributed by atoms with E-state index in [0.29, 0.717) is 12.1 Å². The van der Waals surface area contributed by atoms with E-state index in [4.69, 9.17) is 5.73 Å². The second-order valence-electron chi connectivity index (χ2n) is 8.00. The van der Waals surface area contributed by atoms with Crippen molar-refractivity contribution in [1.82, 2.24) is 4.57 Å². The maximum Gasteiger partial charge on any atom is 0.416 e. The fraction of sp³-hybridized carbons (Fsp3) is 0.217. The van der Waals surface area contributed by atoms with Crippen LogP contribution in [0.3, 0.4) is 0 Å². The number of hydrogen-bond acceptors (Lipinski definition) is 4. The van der Waals surface area contributed by atoms with Crippen molar-refractivity contribution >= 4 is 34.3 Å². The summed E-state index contributed by atoms with van der Waals surface area (Å²) in [7, 11) is 0. The van der Waals surface area contributed by atoms with E-state index in [9.17, 15) is 45.8 Å². The highest BCUT2D eigenvalue weighted by Crippen LogP contribution is 2.39. The maximum absolute atomic E-state index is 13.8. The van der Waals surface area contributed by atoms with E-state index in [1.165, 1.54) is 18.2 Å². The Balaban J connectivity index is 2.04. The minimum absolute atomic E-state index is 0.00302. The second-order valence-corrected chi connectivity index (χ2v) is 8.00. The lowest BCUT2D eigenvalue weighted by atomic mass is 9.96. The number of nitrogens with zero attached hydrogens (tertiary/aromatic N) is 2. The zero-order valence-electron chi connectivity index (χ0n) is 18.0. The molecule has 1 aliphatic heterocycles. The van der Waals surface area contributed by atoms with Crippen LogP contribution in [0.2, 0.25) is 0 Å². The Hall–Kier alpha value is -4.16. The van der Waals surface area contributed by atoms with Crippen LogP contribution >= 0.6 is 0 Å². The Morgan fingerprint density at radius 2 is 1.75 bits per heavy atom. The number of ketones is 1. The molecule has 7 nitrogen and oxygen atoms in total. The zero-order valence-corrected chi connectivity index (χ0v) is 18.0. The molecule has 0 saturated heterocycles. The van der Waals surface area contributed by atoms with Gasteiger partial charge >= 0.3 is 18.3 Å². The number of alkyl halides is 6. The standard InChI is InChI=1S/C23H15F6N3O4/c24-22(25,26)11-5-4-10(13(6-11)23(27,28)29)9-32-15-3-1-2-12(21(30)36)18(15)19-16(33)8-31-14(20(19)32)7-17(34)35/h1-6H,7-9H2,(H2,30,36)(H,34,35). The van der Waals surface area contributed by atoms with Crippen molar-refractivity contribution < 1.29 is 45.8 Å². The van der Waals surface area contributed by atoms with Gasteiger partial charge in [-0.3, -0.25) is 19.4 Å². The summed E-state index contributed by atoms with van der Waals surface area (Å²) in [6.07, 6.45) is -10.9. The summed E-state index contributed by atoms with van der Waals surface area (Å²) in [6, 6.07) is 5.18. The van der Waals surface area contributed by atoms with E-state index in [-0.39, 0.29) is 39.5 Å². The molecule has 4 rings (SSSR count). The number of aliphatic carboxylic acids is 1. The molecule has 0 aliphatic carbocycles. The van der Waals surface area contributed by atoms with Crippen molar-refractivity contribution in [1.29, 1.82) is 0 Å². The first-order valence-corrected chi connectivity index (χ1v) is 10.2. The average Bonchev–Trinajstić information content (AvgIpc) is 3.09. The normalized spacial score (nSPS) is 14.1. The topological polar surface area (TPSA) is 115 Å². The van der Waals surface area contributed by atoms with Crippen molar-refractivity contribution in [3.8, 4) is 0 Å².